The van der Waals surface area contributed by atoms with Crippen LogP contribution < -0.4 is 5.32 Å². The maximum Gasteiger partial charge on any atom is 0.273 e. The van der Waals surface area contributed by atoms with Crippen molar-refractivity contribution in [3.63, 3.8) is 0 Å². The van der Waals surface area contributed by atoms with Crippen LogP contribution in [0.15, 0.2) is 10.6 Å². The first-order valence-corrected chi connectivity index (χ1v) is 7.77. The SMILES string of the molecule is CC(C)[C@@H](CO)NC(=O)c1cc(CN2CCC(O)CC2)on1. The molecular weight excluding hydrogens is 286 g/mol. The Kier molecular flexibility index (Phi) is 5.93. The van der Waals surface area contributed by atoms with Crippen LogP contribution in [0.3, 0.4) is 0 Å². The van der Waals surface area contributed by atoms with Crippen molar-refractivity contribution in [1.82, 2.24) is 15.4 Å². The smallest absolute Gasteiger partial charge is 0.273 e. The quantitative estimate of drug-likeness (QED) is 0.702. The normalized spacial score (nSPS) is 18.6. The fourth-order valence-corrected chi connectivity index (χ4v) is 2.46. The molecule has 1 aromatic heterocycles. The van der Waals surface area contributed by atoms with Crippen LogP contribution >= 0.6 is 0 Å². The minimum atomic E-state index is -0.336. The summed E-state index contributed by atoms with van der Waals surface area (Å²) in [5, 5.41) is 25.3. The highest BCUT2D eigenvalue weighted by Gasteiger charge is 2.21. The van der Waals surface area contributed by atoms with E-state index in [1.165, 1.54) is 0 Å². The zero-order chi connectivity index (χ0) is 16.1. The summed E-state index contributed by atoms with van der Waals surface area (Å²) in [6, 6.07) is 1.34. The molecule has 0 unspecified atom stereocenters. The van der Waals surface area contributed by atoms with E-state index in [2.05, 4.69) is 15.4 Å². The summed E-state index contributed by atoms with van der Waals surface area (Å²) in [5.41, 5.74) is 0.228. The number of piperidine rings is 1. The molecule has 0 saturated carbocycles. The molecule has 22 heavy (non-hydrogen) atoms. The number of nitrogens with zero attached hydrogens (tertiary/aromatic N) is 2. The molecule has 1 aliphatic heterocycles. The van der Waals surface area contributed by atoms with E-state index >= 15 is 0 Å². The number of hydrogen-bond donors (Lipinski definition) is 3. The average Bonchev–Trinajstić information content (AvgIpc) is 2.95. The number of hydrogen-bond acceptors (Lipinski definition) is 6. The van der Waals surface area contributed by atoms with Crippen LogP contribution in [0.4, 0.5) is 0 Å². The largest absolute Gasteiger partial charge is 0.394 e. The Morgan fingerprint density at radius 1 is 1.50 bits per heavy atom. The van der Waals surface area contributed by atoms with Gasteiger partial charge in [0.15, 0.2) is 11.5 Å². The highest BCUT2D eigenvalue weighted by molar-refractivity contribution is 5.92. The van der Waals surface area contributed by atoms with Gasteiger partial charge >= 0.3 is 0 Å². The Hall–Kier alpha value is -1.44. The molecule has 0 spiro atoms. The van der Waals surface area contributed by atoms with Crippen molar-refractivity contribution in [2.75, 3.05) is 19.7 Å². The van der Waals surface area contributed by atoms with Gasteiger partial charge in [-0.3, -0.25) is 9.69 Å². The number of nitrogens with one attached hydrogen (secondary N) is 1. The third-order valence-electron chi connectivity index (χ3n) is 4.05. The van der Waals surface area contributed by atoms with Crippen molar-refractivity contribution in [3.05, 3.63) is 17.5 Å². The highest BCUT2D eigenvalue weighted by Crippen LogP contribution is 2.14. The number of aliphatic hydroxyl groups is 2. The number of carbonyl (C=O) groups is 1. The van der Waals surface area contributed by atoms with Gasteiger partial charge in [0.2, 0.25) is 0 Å². The lowest BCUT2D eigenvalue weighted by Gasteiger charge is -2.28. The molecule has 1 aliphatic rings. The maximum atomic E-state index is 12.1. The number of likely N-dealkylation sites (tertiary alicyclic amines) is 1. The first-order valence-electron chi connectivity index (χ1n) is 7.77. The monoisotopic (exact) mass is 311 g/mol. The van der Waals surface area contributed by atoms with E-state index in [9.17, 15) is 15.0 Å². The van der Waals surface area contributed by atoms with Crippen LogP contribution in [0.25, 0.3) is 0 Å². The van der Waals surface area contributed by atoms with Gasteiger partial charge < -0.3 is 20.1 Å². The van der Waals surface area contributed by atoms with E-state index in [1.54, 1.807) is 6.07 Å². The first-order chi connectivity index (χ1) is 10.5. The minimum Gasteiger partial charge on any atom is -0.394 e. The van der Waals surface area contributed by atoms with E-state index in [1.807, 2.05) is 13.8 Å². The van der Waals surface area contributed by atoms with Gasteiger partial charge in [-0.2, -0.15) is 0 Å². The lowest BCUT2D eigenvalue weighted by atomic mass is 10.1. The van der Waals surface area contributed by atoms with E-state index in [4.69, 9.17) is 4.52 Å². The Balaban J connectivity index is 1.89. The number of carbonyl (C=O) groups excluding carboxylic acids is 1. The average molecular weight is 311 g/mol. The zero-order valence-corrected chi connectivity index (χ0v) is 13.2. The predicted octanol–water partition coefficient (Wildman–Crippen LogP) is 0.378. The van der Waals surface area contributed by atoms with Crippen LogP contribution in [0, 0.1) is 5.92 Å². The van der Waals surface area contributed by atoms with Crippen molar-refractivity contribution < 1.29 is 19.5 Å². The molecule has 1 amide bonds. The van der Waals surface area contributed by atoms with Gasteiger partial charge in [-0.15, -0.1) is 0 Å². The summed E-state index contributed by atoms with van der Waals surface area (Å²) in [5.74, 6) is 0.434. The van der Waals surface area contributed by atoms with E-state index < -0.39 is 0 Å². The summed E-state index contributed by atoms with van der Waals surface area (Å²) in [6.45, 7) is 5.96. The van der Waals surface area contributed by atoms with Gasteiger partial charge in [-0.1, -0.05) is 19.0 Å². The minimum absolute atomic E-state index is 0.107. The van der Waals surface area contributed by atoms with Gasteiger partial charge in [0.05, 0.1) is 25.3 Å². The van der Waals surface area contributed by atoms with Crippen LogP contribution in [0.2, 0.25) is 0 Å². The molecule has 0 aliphatic carbocycles. The number of aromatic nitrogens is 1. The Labute approximate surface area is 130 Å². The fraction of sp³-hybridized carbons (Fsp3) is 0.733. The van der Waals surface area contributed by atoms with Crippen molar-refractivity contribution in [2.24, 2.45) is 5.92 Å². The molecule has 1 fully saturated rings. The van der Waals surface area contributed by atoms with Crippen LogP contribution in [-0.4, -0.2) is 58.0 Å². The maximum absolute atomic E-state index is 12.1. The lowest BCUT2D eigenvalue weighted by molar-refractivity contribution is 0.0748. The van der Waals surface area contributed by atoms with E-state index in [-0.39, 0.29) is 36.3 Å². The molecular formula is C15H25N3O4. The van der Waals surface area contributed by atoms with Gasteiger partial charge in [-0.25, -0.2) is 0 Å². The molecule has 0 radical (unpaired) electrons. The predicted molar refractivity (Wildman–Crippen MR) is 80.2 cm³/mol. The summed E-state index contributed by atoms with van der Waals surface area (Å²) >= 11 is 0. The Morgan fingerprint density at radius 2 is 2.18 bits per heavy atom. The van der Waals surface area contributed by atoms with E-state index in [0.717, 1.165) is 25.9 Å². The number of rotatable bonds is 6. The van der Waals surface area contributed by atoms with Crippen molar-refractivity contribution >= 4 is 5.91 Å². The first kappa shape index (κ1) is 16.9. The summed E-state index contributed by atoms with van der Waals surface area (Å²) in [7, 11) is 0. The molecule has 7 heteroatoms. The second-order valence-electron chi connectivity index (χ2n) is 6.19. The van der Waals surface area contributed by atoms with Crippen molar-refractivity contribution in [3.8, 4) is 0 Å². The lowest BCUT2D eigenvalue weighted by Crippen LogP contribution is -2.41. The standard InChI is InChI=1S/C15H25N3O4/c1-10(2)14(9-19)16-15(21)13-7-12(22-17-13)8-18-5-3-11(20)4-6-18/h7,10-11,14,19-20H,3-6,8-9H2,1-2H3,(H,16,21)/t14-/m1/s1. The Morgan fingerprint density at radius 3 is 2.77 bits per heavy atom. The second kappa shape index (κ2) is 7.71. The van der Waals surface area contributed by atoms with Crippen LogP contribution in [0.5, 0.6) is 0 Å². The molecule has 2 heterocycles. The number of aliphatic hydroxyl groups excluding tert-OH is 2. The van der Waals surface area contributed by atoms with E-state index in [0.29, 0.717) is 12.3 Å². The van der Waals surface area contributed by atoms with Gasteiger partial charge in [0.25, 0.3) is 5.91 Å². The van der Waals surface area contributed by atoms with Crippen LogP contribution in [0.1, 0.15) is 42.9 Å². The van der Waals surface area contributed by atoms with Gasteiger partial charge in [0, 0.05) is 19.2 Å². The molecule has 124 valence electrons. The summed E-state index contributed by atoms with van der Waals surface area (Å²) < 4.78 is 5.21. The van der Waals surface area contributed by atoms with Gasteiger partial charge in [0.1, 0.15) is 0 Å². The molecule has 3 N–H and O–H groups in total. The molecule has 0 aromatic carbocycles. The zero-order valence-electron chi connectivity index (χ0n) is 13.2. The molecule has 2 rings (SSSR count). The molecule has 0 bridgehead atoms. The third-order valence-corrected chi connectivity index (χ3v) is 4.05. The topological polar surface area (TPSA) is 98.8 Å². The molecule has 1 saturated heterocycles. The molecule has 1 aromatic rings. The Bertz CT molecular complexity index is 481. The summed E-state index contributed by atoms with van der Waals surface area (Å²) in [4.78, 5) is 14.2. The summed E-state index contributed by atoms with van der Waals surface area (Å²) in [6.07, 6.45) is 1.31. The second-order valence-corrected chi connectivity index (χ2v) is 6.19. The fourth-order valence-electron chi connectivity index (χ4n) is 2.46. The number of amides is 1. The van der Waals surface area contributed by atoms with Crippen molar-refractivity contribution in [2.45, 2.75) is 45.4 Å². The highest BCUT2D eigenvalue weighted by atomic mass is 16.5. The molecule has 7 nitrogen and oxygen atoms in total. The van der Waals surface area contributed by atoms with Crippen molar-refractivity contribution in [1.29, 1.82) is 0 Å². The third kappa shape index (κ3) is 4.53. The molecule has 1 atom stereocenters. The van der Waals surface area contributed by atoms with Gasteiger partial charge in [-0.05, 0) is 18.8 Å². The van der Waals surface area contributed by atoms with Crippen LogP contribution in [-0.2, 0) is 6.54 Å².